The van der Waals surface area contributed by atoms with Gasteiger partial charge < -0.3 is 16.0 Å². The Morgan fingerprint density at radius 1 is 1.36 bits per heavy atom. The fourth-order valence-corrected chi connectivity index (χ4v) is 1.86. The standard InChI is InChI=1S/C11H17N3/c12-8-10-9-14(7-6-13-10)11-4-2-1-3-5-11/h1-5,10,13H,6-9,12H2/t10-/m1/s1. The number of anilines is 1. The summed E-state index contributed by atoms with van der Waals surface area (Å²) in [6, 6.07) is 10.9. The maximum absolute atomic E-state index is 5.65. The Bertz CT molecular complexity index is 273. The molecule has 0 radical (unpaired) electrons. The number of nitrogens with one attached hydrogen (secondary N) is 1. The highest BCUT2D eigenvalue weighted by atomic mass is 15.2. The predicted octanol–water partition coefficient (Wildman–Crippen LogP) is 0.423. The molecule has 1 aromatic rings. The lowest BCUT2D eigenvalue weighted by Gasteiger charge is -2.34. The molecule has 3 nitrogen and oxygen atoms in total. The van der Waals surface area contributed by atoms with Gasteiger partial charge in [-0.2, -0.15) is 0 Å². The van der Waals surface area contributed by atoms with Crippen molar-refractivity contribution >= 4 is 5.69 Å². The highest BCUT2D eigenvalue weighted by Crippen LogP contribution is 2.14. The first kappa shape index (κ1) is 9.49. The molecule has 1 fully saturated rings. The first-order valence-electron chi connectivity index (χ1n) is 5.13. The van der Waals surface area contributed by atoms with Gasteiger partial charge in [-0.05, 0) is 12.1 Å². The van der Waals surface area contributed by atoms with Crippen molar-refractivity contribution in [1.29, 1.82) is 0 Å². The minimum Gasteiger partial charge on any atom is -0.369 e. The summed E-state index contributed by atoms with van der Waals surface area (Å²) in [5.74, 6) is 0. The van der Waals surface area contributed by atoms with E-state index in [2.05, 4.69) is 34.5 Å². The molecule has 0 aliphatic carbocycles. The number of hydrogen-bond acceptors (Lipinski definition) is 3. The monoisotopic (exact) mass is 191 g/mol. The summed E-state index contributed by atoms with van der Waals surface area (Å²) in [7, 11) is 0. The summed E-state index contributed by atoms with van der Waals surface area (Å²) in [6.07, 6.45) is 0. The topological polar surface area (TPSA) is 41.3 Å². The van der Waals surface area contributed by atoms with Crippen molar-refractivity contribution in [3.05, 3.63) is 30.3 Å². The molecule has 0 amide bonds. The zero-order valence-electron chi connectivity index (χ0n) is 8.32. The van der Waals surface area contributed by atoms with Crippen LogP contribution in [0.25, 0.3) is 0 Å². The Morgan fingerprint density at radius 3 is 2.86 bits per heavy atom. The molecule has 1 aliphatic rings. The number of para-hydroxylation sites is 1. The zero-order valence-corrected chi connectivity index (χ0v) is 8.32. The lowest BCUT2D eigenvalue weighted by molar-refractivity contribution is 0.463. The number of rotatable bonds is 2. The Balaban J connectivity index is 2.04. The van der Waals surface area contributed by atoms with E-state index in [0.717, 1.165) is 19.6 Å². The van der Waals surface area contributed by atoms with Gasteiger partial charge in [-0.3, -0.25) is 0 Å². The van der Waals surface area contributed by atoms with Gasteiger partial charge >= 0.3 is 0 Å². The molecule has 1 saturated heterocycles. The summed E-state index contributed by atoms with van der Waals surface area (Å²) < 4.78 is 0. The zero-order chi connectivity index (χ0) is 9.80. The molecule has 0 spiro atoms. The molecular formula is C11H17N3. The van der Waals surface area contributed by atoms with Gasteiger partial charge in [0.25, 0.3) is 0 Å². The highest BCUT2D eigenvalue weighted by molar-refractivity contribution is 5.46. The largest absolute Gasteiger partial charge is 0.369 e. The van der Waals surface area contributed by atoms with Crippen LogP contribution in [-0.2, 0) is 0 Å². The Hall–Kier alpha value is -1.06. The minimum atomic E-state index is 0.434. The molecule has 14 heavy (non-hydrogen) atoms. The van der Waals surface area contributed by atoms with Crippen molar-refractivity contribution in [2.24, 2.45) is 5.73 Å². The number of nitrogens with two attached hydrogens (primary N) is 1. The quantitative estimate of drug-likeness (QED) is 0.712. The van der Waals surface area contributed by atoms with Gasteiger partial charge in [0.05, 0.1) is 0 Å². The maximum Gasteiger partial charge on any atom is 0.0367 e. The summed E-state index contributed by atoms with van der Waals surface area (Å²) in [5, 5.41) is 3.40. The van der Waals surface area contributed by atoms with Crippen LogP contribution in [0.4, 0.5) is 5.69 Å². The van der Waals surface area contributed by atoms with Crippen molar-refractivity contribution in [2.45, 2.75) is 6.04 Å². The molecule has 0 unspecified atom stereocenters. The molecule has 1 aromatic carbocycles. The Kier molecular flexibility index (Phi) is 3.01. The minimum absolute atomic E-state index is 0.434. The Morgan fingerprint density at radius 2 is 2.14 bits per heavy atom. The third kappa shape index (κ3) is 2.05. The molecule has 0 aromatic heterocycles. The maximum atomic E-state index is 5.65. The SMILES string of the molecule is NC[C@@H]1CN(c2ccccc2)CCN1. The normalized spacial score (nSPS) is 22.4. The molecule has 1 atom stereocenters. The first-order chi connectivity index (χ1) is 6.90. The highest BCUT2D eigenvalue weighted by Gasteiger charge is 2.17. The third-order valence-corrected chi connectivity index (χ3v) is 2.66. The van der Waals surface area contributed by atoms with E-state index < -0.39 is 0 Å². The number of hydrogen-bond donors (Lipinski definition) is 2. The van der Waals surface area contributed by atoms with Crippen LogP contribution in [0.5, 0.6) is 0 Å². The van der Waals surface area contributed by atoms with Crippen LogP contribution in [-0.4, -0.2) is 32.2 Å². The fraction of sp³-hybridized carbons (Fsp3) is 0.455. The van der Waals surface area contributed by atoms with Crippen LogP contribution < -0.4 is 16.0 Å². The van der Waals surface area contributed by atoms with Gasteiger partial charge in [-0.1, -0.05) is 18.2 Å². The van der Waals surface area contributed by atoms with E-state index in [4.69, 9.17) is 5.73 Å². The lowest BCUT2D eigenvalue weighted by atomic mass is 10.2. The molecule has 0 saturated carbocycles. The van der Waals surface area contributed by atoms with E-state index in [1.165, 1.54) is 5.69 Å². The summed E-state index contributed by atoms with van der Waals surface area (Å²) >= 11 is 0. The molecule has 0 bridgehead atoms. The fourth-order valence-electron chi connectivity index (χ4n) is 1.86. The van der Waals surface area contributed by atoms with E-state index in [1.807, 2.05) is 6.07 Å². The van der Waals surface area contributed by atoms with Crippen molar-refractivity contribution in [1.82, 2.24) is 5.32 Å². The van der Waals surface area contributed by atoms with Gasteiger partial charge in [0.1, 0.15) is 0 Å². The molecule has 1 heterocycles. The second-order valence-corrected chi connectivity index (χ2v) is 3.67. The summed E-state index contributed by atoms with van der Waals surface area (Å²) in [4.78, 5) is 2.38. The van der Waals surface area contributed by atoms with Gasteiger partial charge in [-0.15, -0.1) is 0 Å². The predicted molar refractivity (Wildman–Crippen MR) is 59.5 cm³/mol. The molecule has 2 rings (SSSR count). The van der Waals surface area contributed by atoms with E-state index in [1.54, 1.807) is 0 Å². The van der Waals surface area contributed by atoms with E-state index in [0.29, 0.717) is 12.6 Å². The average Bonchev–Trinajstić information content (AvgIpc) is 2.30. The van der Waals surface area contributed by atoms with Crippen LogP contribution in [0.15, 0.2) is 30.3 Å². The van der Waals surface area contributed by atoms with E-state index in [9.17, 15) is 0 Å². The third-order valence-electron chi connectivity index (χ3n) is 2.66. The second kappa shape index (κ2) is 4.44. The van der Waals surface area contributed by atoms with Crippen molar-refractivity contribution < 1.29 is 0 Å². The van der Waals surface area contributed by atoms with E-state index >= 15 is 0 Å². The molecule has 3 N–H and O–H groups in total. The van der Waals surface area contributed by atoms with Crippen LogP contribution in [0, 0.1) is 0 Å². The molecule has 3 heteroatoms. The van der Waals surface area contributed by atoms with Crippen LogP contribution in [0.1, 0.15) is 0 Å². The number of piperazine rings is 1. The van der Waals surface area contributed by atoms with Gasteiger partial charge in [0.15, 0.2) is 0 Å². The van der Waals surface area contributed by atoms with Crippen molar-refractivity contribution in [3.63, 3.8) is 0 Å². The smallest absolute Gasteiger partial charge is 0.0367 e. The summed E-state index contributed by atoms with van der Waals surface area (Å²) in [6.45, 7) is 3.82. The van der Waals surface area contributed by atoms with E-state index in [-0.39, 0.29) is 0 Å². The van der Waals surface area contributed by atoms with Crippen LogP contribution in [0.2, 0.25) is 0 Å². The lowest BCUT2D eigenvalue weighted by Crippen LogP contribution is -2.53. The summed E-state index contributed by atoms with van der Waals surface area (Å²) in [5.41, 5.74) is 6.95. The van der Waals surface area contributed by atoms with Gasteiger partial charge in [-0.25, -0.2) is 0 Å². The molecular weight excluding hydrogens is 174 g/mol. The molecule has 1 aliphatic heterocycles. The number of benzene rings is 1. The van der Waals surface area contributed by atoms with Gasteiger partial charge in [0.2, 0.25) is 0 Å². The van der Waals surface area contributed by atoms with Gasteiger partial charge in [0, 0.05) is 37.9 Å². The van der Waals surface area contributed by atoms with Crippen LogP contribution >= 0.6 is 0 Å². The van der Waals surface area contributed by atoms with Crippen molar-refractivity contribution in [2.75, 3.05) is 31.1 Å². The van der Waals surface area contributed by atoms with Crippen molar-refractivity contribution in [3.8, 4) is 0 Å². The second-order valence-electron chi connectivity index (χ2n) is 3.67. The Labute approximate surface area is 84.9 Å². The molecule has 76 valence electrons. The number of nitrogens with zero attached hydrogens (tertiary/aromatic N) is 1. The van der Waals surface area contributed by atoms with Crippen LogP contribution in [0.3, 0.4) is 0 Å². The average molecular weight is 191 g/mol. The first-order valence-corrected chi connectivity index (χ1v) is 5.13.